The summed E-state index contributed by atoms with van der Waals surface area (Å²) >= 11 is 6.13. The third kappa shape index (κ3) is 3.16. The van der Waals surface area contributed by atoms with Crippen LogP contribution in [-0.2, 0) is 14.3 Å². The number of carbonyl (C=O) groups excluding carboxylic acids is 1. The van der Waals surface area contributed by atoms with E-state index in [2.05, 4.69) is 4.98 Å². The molecule has 1 fully saturated rings. The maximum absolute atomic E-state index is 12.6. The van der Waals surface area contributed by atoms with Crippen molar-refractivity contribution in [3.63, 3.8) is 0 Å². The van der Waals surface area contributed by atoms with E-state index in [-0.39, 0.29) is 29.2 Å². The minimum Gasteiger partial charge on any atom is -0.478 e. The fourth-order valence-corrected chi connectivity index (χ4v) is 3.68. The van der Waals surface area contributed by atoms with E-state index < -0.39 is 11.9 Å². The Balaban J connectivity index is 1.98. The Morgan fingerprint density at radius 3 is 2.96 bits per heavy atom. The van der Waals surface area contributed by atoms with Crippen molar-refractivity contribution in [1.82, 2.24) is 9.88 Å². The number of allylic oxidation sites excluding steroid dienone is 1. The summed E-state index contributed by atoms with van der Waals surface area (Å²) in [5.74, 6) is -1.74. The van der Waals surface area contributed by atoms with Gasteiger partial charge in [0.2, 0.25) is 5.91 Å². The molecule has 0 bridgehead atoms. The number of hydrogen-bond acceptors (Lipinski definition) is 4. The van der Waals surface area contributed by atoms with Crippen LogP contribution in [0.5, 0.6) is 0 Å². The highest BCUT2D eigenvalue weighted by Gasteiger charge is 2.38. The van der Waals surface area contributed by atoms with Crippen LogP contribution in [-0.4, -0.2) is 46.1 Å². The fraction of sp³-hybridized carbons (Fsp3) is 0.471. The Morgan fingerprint density at radius 2 is 2.33 bits per heavy atom. The van der Waals surface area contributed by atoms with E-state index in [0.717, 1.165) is 12.8 Å². The number of halogens is 1. The SMILES string of the molecule is CC1=C(C(=O)O)C(c2cccnc2Cl)CC(=O)N1C[C@H]1CCCO1. The van der Waals surface area contributed by atoms with Crippen molar-refractivity contribution in [2.75, 3.05) is 13.2 Å². The van der Waals surface area contributed by atoms with Gasteiger partial charge in [-0.1, -0.05) is 17.7 Å². The van der Waals surface area contributed by atoms with E-state index in [1.54, 1.807) is 24.0 Å². The molecule has 1 saturated heterocycles. The Labute approximate surface area is 145 Å². The Morgan fingerprint density at radius 1 is 1.54 bits per heavy atom. The van der Waals surface area contributed by atoms with Crippen LogP contribution >= 0.6 is 11.6 Å². The van der Waals surface area contributed by atoms with Gasteiger partial charge in [0, 0.05) is 30.8 Å². The van der Waals surface area contributed by atoms with Crippen molar-refractivity contribution in [3.8, 4) is 0 Å². The van der Waals surface area contributed by atoms with Crippen molar-refractivity contribution in [2.24, 2.45) is 0 Å². The highest BCUT2D eigenvalue weighted by molar-refractivity contribution is 6.30. The molecule has 7 heteroatoms. The van der Waals surface area contributed by atoms with E-state index in [1.165, 1.54) is 6.20 Å². The number of carboxylic acids is 1. The molecule has 0 radical (unpaired) electrons. The minimum absolute atomic E-state index is 0.0301. The van der Waals surface area contributed by atoms with Crippen LogP contribution in [0, 0.1) is 0 Å². The second-order valence-corrected chi connectivity index (χ2v) is 6.44. The van der Waals surface area contributed by atoms with E-state index in [4.69, 9.17) is 16.3 Å². The third-order valence-corrected chi connectivity index (χ3v) is 4.94. The fourth-order valence-electron chi connectivity index (χ4n) is 3.43. The molecular weight excluding hydrogens is 332 g/mol. The number of aromatic nitrogens is 1. The van der Waals surface area contributed by atoms with E-state index >= 15 is 0 Å². The number of rotatable bonds is 4. The largest absolute Gasteiger partial charge is 0.478 e. The van der Waals surface area contributed by atoms with Gasteiger partial charge in [-0.05, 0) is 31.4 Å². The molecule has 2 atom stereocenters. The summed E-state index contributed by atoms with van der Waals surface area (Å²) in [5, 5.41) is 9.94. The van der Waals surface area contributed by atoms with Crippen LogP contribution in [0.3, 0.4) is 0 Å². The third-order valence-electron chi connectivity index (χ3n) is 4.63. The molecule has 1 unspecified atom stereocenters. The Hall–Kier alpha value is -1.92. The summed E-state index contributed by atoms with van der Waals surface area (Å²) in [7, 11) is 0. The van der Waals surface area contributed by atoms with Gasteiger partial charge >= 0.3 is 5.97 Å². The maximum atomic E-state index is 12.6. The number of hydrogen-bond donors (Lipinski definition) is 1. The van der Waals surface area contributed by atoms with Gasteiger partial charge in [0.05, 0.1) is 18.2 Å². The molecule has 3 heterocycles. The lowest BCUT2D eigenvalue weighted by Gasteiger charge is -2.35. The number of aliphatic carboxylic acids is 1. The first-order valence-electron chi connectivity index (χ1n) is 7.95. The normalized spacial score (nSPS) is 24.6. The number of nitrogens with zero attached hydrogens (tertiary/aromatic N) is 2. The lowest BCUT2D eigenvalue weighted by molar-refractivity contribution is -0.135. The molecule has 0 aliphatic carbocycles. The average Bonchev–Trinajstić information content (AvgIpc) is 3.04. The van der Waals surface area contributed by atoms with Gasteiger partial charge in [-0.2, -0.15) is 0 Å². The topological polar surface area (TPSA) is 79.7 Å². The summed E-state index contributed by atoms with van der Waals surface area (Å²) in [6.07, 6.45) is 3.43. The summed E-state index contributed by atoms with van der Waals surface area (Å²) in [6.45, 7) is 2.76. The molecule has 1 N–H and O–H groups in total. The first-order valence-corrected chi connectivity index (χ1v) is 8.33. The summed E-state index contributed by atoms with van der Waals surface area (Å²) in [6, 6.07) is 3.42. The van der Waals surface area contributed by atoms with E-state index in [1.807, 2.05) is 0 Å². The summed E-state index contributed by atoms with van der Waals surface area (Å²) in [4.78, 5) is 30.0. The molecule has 0 aromatic carbocycles. The predicted octanol–water partition coefficient (Wildman–Crippen LogP) is 2.59. The second-order valence-electron chi connectivity index (χ2n) is 6.08. The van der Waals surface area contributed by atoms with Crippen molar-refractivity contribution in [1.29, 1.82) is 0 Å². The lowest BCUT2D eigenvalue weighted by atomic mass is 9.84. The van der Waals surface area contributed by atoms with Gasteiger partial charge < -0.3 is 14.7 Å². The zero-order valence-corrected chi connectivity index (χ0v) is 14.1. The molecule has 128 valence electrons. The standard InChI is InChI=1S/C17H19ClN2O4/c1-10-15(17(22)23)13(12-5-2-6-19-16(12)18)8-14(21)20(10)9-11-4-3-7-24-11/h2,5-6,11,13H,3-4,7-9H2,1H3,(H,22,23)/t11-,13?/m1/s1. The van der Waals surface area contributed by atoms with Gasteiger partial charge in [-0.25, -0.2) is 9.78 Å². The highest BCUT2D eigenvalue weighted by atomic mass is 35.5. The minimum atomic E-state index is -1.04. The molecular formula is C17H19ClN2O4. The smallest absolute Gasteiger partial charge is 0.333 e. The molecule has 0 spiro atoms. The van der Waals surface area contributed by atoms with Crippen LogP contribution in [0.4, 0.5) is 0 Å². The quantitative estimate of drug-likeness (QED) is 0.844. The van der Waals surface area contributed by atoms with Crippen LogP contribution in [0.25, 0.3) is 0 Å². The van der Waals surface area contributed by atoms with Gasteiger partial charge in [0.1, 0.15) is 5.15 Å². The van der Waals surface area contributed by atoms with Crippen LogP contribution in [0.15, 0.2) is 29.6 Å². The number of carbonyl (C=O) groups is 2. The molecule has 1 aromatic heterocycles. The molecule has 24 heavy (non-hydrogen) atoms. The van der Waals surface area contributed by atoms with Gasteiger partial charge in [0.25, 0.3) is 0 Å². The van der Waals surface area contributed by atoms with Gasteiger partial charge in [0.15, 0.2) is 0 Å². The molecule has 1 aromatic rings. The van der Waals surface area contributed by atoms with Crippen molar-refractivity contribution >= 4 is 23.5 Å². The Kier molecular flexibility index (Phi) is 4.87. The van der Waals surface area contributed by atoms with Crippen molar-refractivity contribution < 1.29 is 19.4 Å². The summed E-state index contributed by atoms with van der Waals surface area (Å²) in [5.41, 5.74) is 1.22. The van der Waals surface area contributed by atoms with Crippen LogP contribution in [0.2, 0.25) is 5.15 Å². The zero-order valence-electron chi connectivity index (χ0n) is 13.4. The Bertz CT molecular complexity index is 698. The van der Waals surface area contributed by atoms with Crippen molar-refractivity contribution in [3.05, 3.63) is 40.3 Å². The zero-order chi connectivity index (χ0) is 17.3. The number of carboxylic acid groups (broad SMARTS) is 1. The van der Waals surface area contributed by atoms with Gasteiger partial charge in [-0.3, -0.25) is 4.79 Å². The highest BCUT2D eigenvalue weighted by Crippen LogP contribution is 2.39. The molecule has 2 aliphatic heterocycles. The first-order chi connectivity index (χ1) is 11.5. The average molecular weight is 351 g/mol. The molecule has 2 aliphatic rings. The number of ether oxygens (including phenoxy) is 1. The number of pyridine rings is 1. The van der Waals surface area contributed by atoms with E-state index in [9.17, 15) is 14.7 Å². The lowest BCUT2D eigenvalue weighted by Crippen LogP contribution is -2.42. The van der Waals surface area contributed by atoms with Crippen LogP contribution < -0.4 is 0 Å². The molecule has 0 saturated carbocycles. The summed E-state index contributed by atoms with van der Waals surface area (Å²) < 4.78 is 5.58. The number of amides is 1. The van der Waals surface area contributed by atoms with E-state index in [0.29, 0.717) is 24.4 Å². The molecule has 3 rings (SSSR count). The monoisotopic (exact) mass is 350 g/mol. The first kappa shape index (κ1) is 16.9. The predicted molar refractivity (Wildman–Crippen MR) is 87.6 cm³/mol. The van der Waals surface area contributed by atoms with Crippen molar-refractivity contribution in [2.45, 2.75) is 38.2 Å². The molecule has 6 nitrogen and oxygen atoms in total. The van der Waals surface area contributed by atoms with Crippen LogP contribution in [0.1, 0.15) is 37.7 Å². The van der Waals surface area contributed by atoms with Gasteiger partial charge in [-0.15, -0.1) is 0 Å². The second kappa shape index (κ2) is 6.91. The maximum Gasteiger partial charge on any atom is 0.333 e. The molecule has 1 amide bonds.